The molecule has 1 aliphatic carbocycles. The molecule has 0 aromatic heterocycles. The molecule has 2 heterocycles. The summed E-state index contributed by atoms with van der Waals surface area (Å²) < 4.78 is 5.95. The first-order chi connectivity index (χ1) is 8.25. The van der Waals surface area contributed by atoms with Crippen LogP contribution in [0.1, 0.15) is 45.4 Å². The van der Waals surface area contributed by atoms with Crippen LogP contribution in [-0.2, 0) is 4.74 Å². The van der Waals surface area contributed by atoms with E-state index in [1.54, 1.807) is 0 Å². The van der Waals surface area contributed by atoms with E-state index in [4.69, 9.17) is 10.5 Å². The third-order valence-corrected chi connectivity index (χ3v) is 5.36. The zero-order chi connectivity index (χ0) is 11.9. The highest BCUT2D eigenvalue weighted by atomic mass is 16.5. The second-order valence-corrected chi connectivity index (χ2v) is 6.31. The first kappa shape index (κ1) is 11.9. The Morgan fingerprint density at radius 2 is 1.94 bits per heavy atom. The fourth-order valence-electron chi connectivity index (χ4n) is 4.17. The van der Waals surface area contributed by atoms with Crippen LogP contribution < -0.4 is 5.73 Å². The summed E-state index contributed by atoms with van der Waals surface area (Å²) in [6.07, 6.45) is 8.84. The molecule has 0 aromatic rings. The topological polar surface area (TPSA) is 38.5 Å². The Hall–Kier alpha value is -0.120. The highest BCUT2D eigenvalue weighted by molar-refractivity contribution is 5.02. The maximum atomic E-state index is 6.15. The summed E-state index contributed by atoms with van der Waals surface area (Å²) in [6, 6.07) is 0. The molecule has 0 spiro atoms. The van der Waals surface area contributed by atoms with Crippen molar-refractivity contribution in [3.05, 3.63) is 0 Å². The quantitative estimate of drug-likeness (QED) is 0.814. The first-order valence-electron chi connectivity index (χ1n) is 7.36. The zero-order valence-electron chi connectivity index (χ0n) is 11.0. The molecule has 2 saturated heterocycles. The number of likely N-dealkylation sites (tertiary alicyclic amines) is 1. The van der Waals surface area contributed by atoms with Gasteiger partial charge in [0.05, 0.1) is 12.2 Å². The van der Waals surface area contributed by atoms with Gasteiger partial charge in [-0.1, -0.05) is 13.3 Å². The monoisotopic (exact) mass is 238 g/mol. The van der Waals surface area contributed by atoms with Crippen LogP contribution in [0, 0.1) is 5.92 Å². The molecule has 98 valence electrons. The van der Waals surface area contributed by atoms with Crippen molar-refractivity contribution in [2.45, 2.75) is 63.2 Å². The number of nitrogens with zero attached hydrogens (tertiary/aromatic N) is 1. The Kier molecular flexibility index (Phi) is 3.18. The van der Waals surface area contributed by atoms with E-state index in [2.05, 4.69) is 11.8 Å². The fraction of sp³-hybridized carbons (Fsp3) is 1.00. The summed E-state index contributed by atoms with van der Waals surface area (Å²) >= 11 is 0. The van der Waals surface area contributed by atoms with Crippen molar-refractivity contribution in [3.63, 3.8) is 0 Å². The van der Waals surface area contributed by atoms with E-state index < -0.39 is 0 Å². The van der Waals surface area contributed by atoms with Gasteiger partial charge >= 0.3 is 0 Å². The van der Waals surface area contributed by atoms with Crippen molar-refractivity contribution in [1.82, 2.24) is 4.90 Å². The smallest absolute Gasteiger partial charge is 0.0707 e. The largest absolute Gasteiger partial charge is 0.372 e. The molecule has 17 heavy (non-hydrogen) atoms. The molecule has 3 aliphatic rings. The van der Waals surface area contributed by atoms with Crippen LogP contribution in [0.3, 0.4) is 0 Å². The zero-order valence-corrected chi connectivity index (χ0v) is 11.0. The van der Waals surface area contributed by atoms with E-state index in [9.17, 15) is 0 Å². The molecular formula is C14H26N2O. The van der Waals surface area contributed by atoms with Gasteiger partial charge in [0.1, 0.15) is 0 Å². The van der Waals surface area contributed by atoms with Gasteiger partial charge < -0.3 is 10.5 Å². The van der Waals surface area contributed by atoms with Gasteiger partial charge in [0.25, 0.3) is 0 Å². The fourth-order valence-corrected chi connectivity index (χ4v) is 4.17. The van der Waals surface area contributed by atoms with Crippen molar-refractivity contribution in [1.29, 1.82) is 0 Å². The predicted molar refractivity (Wildman–Crippen MR) is 68.9 cm³/mol. The summed E-state index contributed by atoms with van der Waals surface area (Å²) in [7, 11) is 0. The molecule has 3 nitrogen and oxygen atoms in total. The Morgan fingerprint density at radius 1 is 1.24 bits per heavy atom. The Balaban J connectivity index is 1.73. The molecule has 2 aliphatic heterocycles. The van der Waals surface area contributed by atoms with Gasteiger partial charge in [0, 0.05) is 25.2 Å². The number of nitrogens with two attached hydrogens (primary N) is 1. The highest BCUT2D eigenvalue weighted by Gasteiger charge is 2.46. The molecular weight excluding hydrogens is 212 g/mol. The standard InChI is InChI=1S/C14H26N2O/c1-2-11-5-6-14(7-11,10-15)16-8-12-3-4-13(9-16)17-12/h11-13H,2-10,15H2,1H3. The van der Waals surface area contributed by atoms with Gasteiger partial charge in [-0.25, -0.2) is 0 Å². The van der Waals surface area contributed by atoms with E-state index >= 15 is 0 Å². The number of ether oxygens (including phenoxy) is 1. The molecule has 0 radical (unpaired) electrons. The minimum atomic E-state index is 0.311. The van der Waals surface area contributed by atoms with Crippen molar-refractivity contribution < 1.29 is 4.74 Å². The van der Waals surface area contributed by atoms with E-state index in [-0.39, 0.29) is 0 Å². The predicted octanol–water partition coefficient (Wildman–Crippen LogP) is 1.76. The van der Waals surface area contributed by atoms with E-state index in [0.29, 0.717) is 17.7 Å². The number of fused-ring (bicyclic) bond motifs is 2. The number of hydrogen-bond acceptors (Lipinski definition) is 3. The van der Waals surface area contributed by atoms with Gasteiger partial charge in [-0.3, -0.25) is 4.90 Å². The molecule has 3 heteroatoms. The van der Waals surface area contributed by atoms with E-state index in [0.717, 1.165) is 25.6 Å². The second-order valence-electron chi connectivity index (χ2n) is 6.31. The molecule has 0 amide bonds. The van der Waals surface area contributed by atoms with Crippen LogP contribution in [0.5, 0.6) is 0 Å². The summed E-state index contributed by atoms with van der Waals surface area (Å²) in [4.78, 5) is 2.69. The lowest BCUT2D eigenvalue weighted by Gasteiger charge is -2.45. The molecule has 4 atom stereocenters. The van der Waals surface area contributed by atoms with Crippen molar-refractivity contribution >= 4 is 0 Å². The second kappa shape index (κ2) is 4.52. The van der Waals surface area contributed by atoms with Gasteiger partial charge in [-0.2, -0.15) is 0 Å². The molecule has 3 fully saturated rings. The number of rotatable bonds is 3. The van der Waals surface area contributed by atoms with Crippen LogP contribution in [0.4, 0.5) is 0 Å². The van der Waals surface area contributed by atoms with Crippen LogP contribution in [0.15, 0.2) is 0 Å². The SMILES string of the molecule is CCC1CCC(CN)(N2CC3CCC(C2)O3)C1. The van der Waals surface area contributed by atoms with Gasteiger partial charge in [-0.05, 0) is 38.0 Å². The van der Waals surface area contributed by atoms with Gasteiger partial charge in [-0.15, -0.1) is 0 Å². The van der Waals surface area contributed by atoms with Crippen molar-refractivity contribution in [3.8, 4) is 0 Å². The maximum absolute atomic E-state index is 6.15. The third-order valence-electron chi connectivity index (χ3n) is 5.36. The highest BCUT2D eigenvalue weighted by Crippen LogP contribution is 2.42. The van der Waals surface area contributed by atoms with E-state index in [1.165, 1.54) is 38.5 Å². The summed E-state index contributed by atoms with van der Waals surface area (Å²) in [6.45, 7) is 5.41. The molecule has 3 rings (SSSR count). The van der Waals surface area contributed by atoms with Crippen LogP contribution >= 0.6 is 0 Å². The van der Waals surface area contributed by atoms with Crippen LogP contribution in [0.2, 0.25) is 0 Å². The van der Waals surface area contributed by atoms with Gasteiger partial charge in [0.15, 0.2) is 0 Å². The van der Waals surface area contributed by atoms with Gasteiger partial charge in [0.2, 0.25) is 0 Å². The summed E-state index contributed by atoms with van der Waals surface area (Å²) in [5, 5.41) is 0. The normalized spacial score (nSPS) is 46.6. The summed E-state index contributed by atoms with van der Waals surface area (Å²) in [5.74, 6) is 0.902. The van der Waals surface area contributed by atoms with Crippen LogP contribution in [0.25, 0.3) is 0 Å². The average molecular weight is 238 g/mol. The number of morpholine rings is 1. The Bertz CT molecular complexity index is 271. The lowest BCUT2D eigenvalue weighted by atomic mass is 9.92. The third kappa shape index (κ3) is 2.02. The van der Waals surface area contributed by atoms with Crippen LogP contribution in [-0.4, -0.2) is 42.3 Å². The minimum absolute atomic E-state index is 0.311. The number of hydrogen-bond donors (Lipinski definition) is 1. The van der Waals surface area contributed by atoms with Crippen molar-refractivity contribution in [2.75, 3.05) is 19.6 Å². The Labute approximate surface area is 105 Å². The molecule has 2 N–H and O–H groups in total. The molecule has 0 aromatic carbocycles. The molecule has 4 unspecified atom stereocenters. The minimum Gasteiger partial charge on any atom is -0.372 e. The molecule has 1 saturated carbocycles. The maximum Gasteiger partial charge on any atom is 0.0707 e. The van der Waals surface area contributed by atoms with E-state index in [1.807, 2.05) is 0 Å². The first-order valence-corrected chi connectivity index (χ1v) is 7.36. The van der Waals surface area contributed by atoms with Crippen molar-refractivity contribution in [2.24, 2.45) is 11.7 Å². The Morgan fingerprint density at radius 3 is 2.47 bits per heavy atom. The lowest BCUT2D eigenvalue weighted by molar-refractivity contribution is -0.0762. The lowest BCUT2D eigenvalue weighted by Crippen LogP contribution is -2.58. The molecule has 2 bridgehead atoms. The average Bonchev–Trinajstić information content (AvgIpc) is 2.94. The summed E-state index contributed by atoms with van der Waals surface area (Å²) in [5.41, 5.74) is 6.46.